The van der Waals surface area contributed by atoms with Gasteiger partial charge < -0.3 is 14.8 Å². The van der Waals surface area contributed by atoms with E-state index in [9.17, 15) is 4.79 Å². The van der Waals surface area contributed by atoms with E-state index >= 15 is 0 Å². The van der Waals surface area contributed by atoms with E-state index in [4.69, 9.17) is 9.47 Å². The van der Waals surface area contributed by atoms with Gasteiger partial charge in [-0.05, 0) is 37.3 Å². The second-order valence-corrected chi connectivity index (χ2v) is 6.19. The minimum absolute atomic E-state index is 0.0250. The first kappa shape index (κ1) is 15.7. The zero-order valence-electron chi connectivity index (χ0n) is 12.8. The monoisotopic (exact) mass is 330 g/mol. The number of carbonyl (C=O) groups is 1. The predicted molar refractivity (Wildman–Crippen MR) is 89.0 cm³/mol. The molecule has 0 bridgehead atoms. The number of ether oxygens (including phenoxy) is 2. The zero-order valence-corrected chi connectivity index (χ0v) is 13.6. The molecule has 23 heavy (non-hydrogen) atoms. The number of fused-ring (bicyclic) bond motifs is 1. The molecule has 6 heteroatoms. The first-order valence-electron chi connectivity index (χ1n) is 7.45. The van der Waals surface area contributed by atoms with Gasteiger partial charge in [0.2, 0.25) is 5.91 Å². The third-order valence-electron chi connectivity index (χ3n) is 3.39. The van der Waals surface area contributed by atoms with Gasteiger partial charge in [-0.1, -0.05) is 6.07 Å². The maximum Gasteiger partial charge on any atom is 0.230 e. The normalized spacial score (nSPS) is 14.1. The molecule has 1 aliphatic heterocycles. The summed E-state index contributed by atoms with van der Waals surface area (Å²) >= 11 is 1.47. The number of nitrogens with zero attached hydrogens (tertiary/aromatic N) is 1. The number of benzene rings is 1. The third kappa shape index (κ3) is 4.16. The molecule has 0 aliphatic carbocycles. The molecule has 1 unspecified atom stereocenters. The third-order valence-corrected chi connectivity index (χ3v) is 4.39. The highest BCUT2D eigenvalue weighted by Gasteiger charge is 2.14. The van der Waals surface area contributed by atoms with Crippen LogP contribution in [-0.4, -0.2) is 29.9 Å². The molecule has 120 valence electrons. The molecule has 1 N–H and O–H groups in total. The van der Waals surface area contributed by atoms with E-state index in [1.807, 2.05) is 43.3 Å². The van der Waals surface area contributed by atoms with Crippen LogP contribution in [0.15, 0.2) is 47.5 Å². The molecule has 1 aromatic heterocycles. The van der Waals surface area contributed by atoms with E-state index in [1.54, 1.807) is 6.20 Å². The lowest BCUT2D eigenvalue weighted by molar-refractivity contribution is -0.119. The largest absolute Gasteiger partial charge is 0.486 e. The van der Waals surface area contributed by atoms with E-state index in [2.05, 4.69) is 10.3 Å². The summed E-state index contributed by atoms with van der Waals surface area (Å²) in [7, 11) is 0. The van der Waals surface area contributed by atoms with Crippen molar-refractivity contribution in [3.8, 4) is 11.5 Å². The van der Waals surface area contributed by atoms with Crippen molar-refractivity contribution in [1.29, 1.82) is 0 Å². The zero-order chi connectivity index (χ0) is 16.1. The number of rotatable bonds is 5. The molecule has 3 rings (SSSR count). The number of aromatic nitrogens is 1. The van der Waals surface area contributed by atoms with Gasteiger partial charge in [0.15, 0.2) is 11.5 Å². The number of hydrogen-bond donors (Lipinski definition) is 1. The standard InChI is InChI=1S/C17H18N2O3S/c1-12(14-4-2-3-7-18-14)19-17(20)11-23-13-5-6-15-16(10-13)22-9-8-21-15/h2-7,10,12H,8-9,11H2,1H3,(H,19,20). The molecule has 2 heterocycles. The molecule has 0 radical (unpaired) electrons. The van der Waals surface area contributed by atoms with E-state index in [-0.39, 0.29) is 11.9 Å². The Kier molecular flexibility index (Phi) is 5.02. The van der Waals surface area contributed by atoms with Gasteiger partial charge in [0, 0.05) is 11.1 Å². The van der Waals surface area contributed by atoms with Crippen LogP contribution in [0.3, 0.4) is 0 Å². The maximum absolute atomic E-state index is 12.1. The van der Waals surface area contributed by atoms with Crippen LogP contribution in [0.1, 0.15) is 18.7 Å². The Labute approximate surface area is 139 Å². The van der Waals surface area contributed by atoms with E-state index < -0.39 is 0 Å². The minimum atomic E-state index is -0.107. The molecule has 0 saturated carbocycles. The van der Waals surface area contributed by atoms with Crippen LogP contribution in [0.2, 0.25) is 0 Å². The van der Waals surface area contributed by atoms with Crippen molar-refractivity contribution in [3.63, 3.8) is 0 Å². The van der Waals surface area contributed by atoms with Crippen molar-refractivity contribution in [2.45, 2.75) is 17.9 Å². The van der Waals surface area contributed by atoms with Crippen LogP contribution in [0, 0.1) is 0 Å². The van der Waals surface area contributed by atoms with Gasteiger partial charge in [-0.2, -0.15) is 0 Å². The quantitative estimate of drug-likeness (QED) is 0.854. The summed E-state index contributed by atoms with van der Waals surface area (Å²) in [6.07, 6.45) is 1.72. The van der Waals surface area contributed by atoms with Crippen LogP contribution >= 0.6 is 11.8 Å². The summed E-state index contributed by atoms with van der Waals surface area (Å²) in [4.78, 5) is 17.3. The summed E-state index contributed by atoms with van der Waals surface area (Å²) in [5.74, 6) is 1.82. The Hall–Kier alpha value is -2.21. The van der Waals surface area contributed by atoms with Crippen LogP contribution in [-0.2, 0) is 4.79 Å². The Morgan fingerprint density at radius 3 is 2.87 bits per heavy atom. The Balaban J connectivity index is 1.53. The number of hydrogen-bond acceptors (Lipinski definition) is 5. The smallest absolute Gasteiger partial charge is 0.230 e. The van der Waals surface area contributed by atoms with Gasteiger partial charge in [0.1, 0.15) is 13.2 Å². The second kappa shape index (κ2) is 7.37. The van der Waals surface area contributed by atoms with Crippen molar-refractivity contribution in [3.05, 3.63) is 48.3 Å². The molecule has 0 spiro atoms. The summed E-state index contributed by atoms with van der Waals surface area (Å²) < 4.78 is 11.0. The number of amides is 1. The summed E-state index contributed by atoms with van der Waals surface area (Å²) in [5, 5.41) is 2.95. The van der Waals surface area contributed by atoms with Crippen molar-refractivity contribution in [1.82, 2.24) is 10.3 Å². The topological polar surface area (TPSA) is 60.5 Å². The summed E-state index contributed by atoms with van der Waals surface area (Å²) in [6, 6.07) is 11.3. The molecule has 1 atom stereocenters. The lowest BCUT2D eigenvalue weighted by Crippen LogP contribution is -2.28. The molecule has 0 fully saturated rings. The summed E-state index contributed by atoms with van der Waals surface area (Å²) in [6.45, 7) is 3.06. The molecule has 0 saturated heterocycles. The highest BCUT2D eigenvalue weighted by atomic mass is 32.2. The Bertz CT molecular complexity index is 679. The molecular formula is C17H18N2O3S. The van der Waals surface area contributed by atoms with Gasteiger partial charge >= 0.3 is 0 Å². The number of nitrogens with one attached hydrogen (secondary N) is 1. The maximum atomic E-state index is 12.1. The van der Waals surface area contributed by atoms with E-state index in [1.165, 1.54) is 11.8 Å². The number of thioether (sulfide) groups is 1. The molecule has 5 nitrogen and oxygen atoms in total. The number of carbonyl (C=O) groups excluding carboxylic acids is 1. The minimum Gasteiger partial charge on any atom is -0.486 e. The lowest BCUT2D eigenvalue weighted by atomic mass is 10.2. The average molecular weight is 330 g/mol. The van der Waals surface area contributed by atoms with Crippen LogP contribution in [0.25, 0.3) is 0 Å². The first-order valence-corrected chi connectivity index (χ1v) is 8.43. The Morgan fingerprint density at radius 2 is 2.09 bits per heavy atom. The van der Waals surface area contributed by atoms with Crippen molar-refractivity contribution in [2.75, 3.05) is 19.0 Å². The van der Waals surface area contributed by atoms with Gasteiger partial charge in [0.25, 0.3) is 0 Å². The van der Waals surface area contributed by atoms with Gasteiger partial charge in [-0.25, -0.2) is 0 Å². The van der Waals surface area contributed by atoms with Crippen LogP contribution in [0.4, 0.5) is 0 Å². The molecule has 2 aromatic rings. The molecule has 1 amide bonds. The van der Waals surface area contributed by atoms with Crippen molar-refractivity contribution in [2.24, 2.45) is 0 Å². The molecular weight excluding hydrogens is 312 g/mol. The predicted octanol–water partition coefficient (Wildman–Crippen LogP) is 2.82. The summed E-state index contributed by atoms with van der Waals surface area (Å²) in [5.41, 5.74) is 0.852. The van der Waals surface area contributed by atoms with Gasteiger partial charge in [-0.15, -0.1) is 11.8 Å². The highest BCUT2D eigenvalue weighted by molar-refractivity contribution is 8.00. The Morgan fingerprint density at radius 1 is 1.26 bits per heavy atom. The van der Waals surface area contributed by atoms with Crippen LogP contribution < -0.4 is 14.8 Å². The fourth-order valence-electron chi connectivity index (χ4n) is 2.25. The lowest BCUT2D eigenvalue weighted by Gasteiger charge is -2.18. The fraction of sp³-hybridized carbons (Fsp3) is 0.294. The fourth-order valence-corrected chi connectivity index (χ4v) is 2.99. The van der Waals surface area contributed by atoms with Gasteiger partial charge in [0.05, 0.1) is 17.5 Å². The van der Waals surface area contributed by atoms with E-state index in [0.29, 0.717) is 19.0 Å². The van der Waals surface area contributed by atoms with E-state index in [0.717, 1.165) is 22.1 Å². The number of pyridine rings is 1. The molecule has 1 aromatic carbocycles. The highest BCUT2D eigenvalue weighted by Crippen LogP contribution is 2.34. The SMILES string of the molecule is CC(NC(=O)CSc1ccc2c(c1)OCCO2)c1ccccn1. The first-order chi connectivity index (χ1) is 11.2. The van der Waals surface area contributed by atoms with Crippen molar-refractivity contribution < 1.29 is 14.3 Å². The average Bonchev–Trinajstić information content (AvgIpc) is 2.60. The van der Waals surface area contributed by atoms with Crippen molar-refractivity contribution >= 4 is 17.7 Å². The second-order valence-electron chi connectivity index (χ2n) is 5.14. The van der Waals surface area contributed by atoms with Crippen LogP contribution in [0.5, 0.6) is 11.5 Å². The van der Waals surface area contributed by atoms with Gasteiger partial charge in [-0.3, -0.25) is 9.78 Å². The molecule has 1 aliphatic rings.